The van der Waals surface area contributed by atoms with Gasteiger partial charge in [0.05, 0.1) is 16.1 Å². The number of carbonyl (C=O) groups excluding carboxylic acids is 1. The molecule has 2 rings (SSSR count). The first kappa shape index (κ1) is 14.6. The van der Waals surface area contributed by atoms with Crippen LogP contribution in [0.1, 0.15) is 31.2 Å². The Labute approximate surface area is 125 Å². The van der Waals surface area contributed by atoms with Crippen molar-refractivity contribution in [2.45, 2.75) is 13.8 Å². The number of thiophene rings is 1. The Bertz CT molecular complexity index is 694. The number of aryl methyl sites for hydroxylation is 2. The van der Waals surface area contributed by atoms with Gasteiger partial charge >= 0.3 is 5.97 Å². The molecule has 0 radical (unpaired) electrons. The van der Waals surface area contributed by atoms with Crippen molar-refractivity contribution in [1.82, 2.24) is 0 Å². The van der Waals surface area contributed by atoms with Gasteiger partial charge in [0.1, 0.15) is 5.00 Å². The summed E-state index contributed by atoms with van der Waals surface area (Å²) in [5.41, 5.74) is 1.21. The van der Waals surface area contributed by atoms with Crippen molar-refractivity contribution in [3.63, 3.8) is 0 Å². The molecule has 0 saturated heterocycles. The third kappa shape index (κ3) is 2.84. The molecule has 0 fully saturated rings. The molecule has 0 saturated carbocycles. The molecule has 0 aliphatic rings. The number of rotatable bonds is 3. The van der Waals surface area contributed by atoms with Crippen LogP contribution >= 0.6 is 22.9 Å². The van der Waals surface area contributed by atoms with Crippen LogP contribution < -0.4 is 5.32 Å². The van der Waals surface area contributed by atoms with Gasteiger partial charge in [-0.1, -0.05) is 23.7 Å². The second-order valence-electron chi connectivity index (χ2n) is 4.30. The molecule has 0 unspecified atom stereocenters. The largest absolute Gasteiger partial charge is 0.478 e. The average Bonchev–Trinajstić information content (AvgIpc) is 2.73. The van der Waals surface area contributed by atoms with Gasteiger partial charge in [-0.05, 0) is 31.5 Å². The van der Waals surface area contributed by atoms with E-state index < -0.39 is 11.9 Å². The van der Waals surface area contributed by atoms with E-state index >= 15 is 0 Å². The summed E-state index contributed by atoms with van der Waals surface area (Å²) in [4.78, 5) is 24.1. The van der Waals surface area contributed by atoms with Crippen LogP contribution in [0.15, 0.2) is 24.3 Å². The molecule has 6 heteroatoms. The molecule has 0 bridgehead atoms. The zero-order chi connectivity index (χ0) is 14.9. The Hall–Kier alpha value is -1.85. The predicted octanol–water partition coefficient (Wildman–Crippen LogP) is 3.97. The van der Waals surface area contributed by atoms with E-state index in [9.17, 15) is 9.59 Å². The summed E-state index contributed by atoms with van der Waals surface area (Å²) in [7, 11) is 0. The number of anilines is 1. The minimum Gasteiger partial charge on any atom is -0.478 e. The molecule has 0 spiro atoms. The number of nitrogens with one attached hydrogen (secondary N) is 1. The number of carboxylic acid groups (broad SMARTS) is 1. The Morgan fingerprint density at radius 2 is 1.95 bits per heavy atom. The third-order valence-corrected chi connectivity index (χ3v) is 4.22. The van der Waals surface area contributed by atoms with Crippen LogP contribution in [0.5, 0.6) is 0 Å². The fourth-order valence-electron chi connectivity index (χ4n) is 1.76. The highest BCUT2D eigenvalue weighted by Crippen LogP contribution is 2.29. The molecule has 104 valence electrons. The lowest BCUT2D eigenvalue weighted by atomic mass is 10.1. The van der Waals surface area contributed by atoms with E-state index in [0.717, 1.165) is 10.4 Å². The molecular weight excluding hydrogens is 298 g/mol. The lowest BCUT2D eigenvalue weighted by Gasteiger charge is -2.07. The van der Waals surface area contributed by atoms with E-state index in [-0.39, 0.29) is 5.56 Å². The summed E-state index contributed by atoms with van der Waals surface area (Å²) in [6.45, 7) is 3.59. The highest BCUT2D eigenvalue weighted by atomic mass is 35.5. The van der Waals surface area contributed by atoms with E-state index in [0.29, 0.717) is 15.6 Å². The number of carbonyl (C=O) groups is 2. The number of halogens is 1. The van der Waals surface area contributed by atoms with Gasteiger partial charge in [0.15, 0.2) is 0 Å². The molecule has 0 aliphatic carbocycles. The summed E-state index contributed by atoms with van der Waals surface area (Å²) >= 11 is 7.31. The van der Waals surface area contributed by atoms with Crippen LogP contribution in [0.25, 0.3) is 0 Å². The second-order valence-corrected chi connectivity index (χ2v) is 5.93. The van der Waals surface area contributed by atoms with Crippen LogP contribution in [0.3, 0.4) is 0 Å². The molecule has 1 aromatic heterocycles. The molecule has 4 nitrogen and oxygen atoms in total. The summed E-state index contributed by atoms with van der Waals surface area (Å²) in [5.74, 6) is -1.48. The molecule has 1 aromatic carbocycles. The van der Waals surface area contributed by atoms with Crippen molar-refractivity contribution in [2.75, 3.05) is 5.32 Å². The van der Waals surface area contributed by atoms with Crippen LogP contribution in [0.2, 0.25) is 5.02 Å². The Balaban J connectivity index is 2.33. The van der Waals surface area contributed by atoms with E-state index in [1.165, 1.54) is 17.4 Å². The molecule has 1 amide bonds. The van der Waals surface area contributed by atoms with Crippen molar-refractivity contribution in [2.24, 2.45) is 0 Å². The van der Waals surface area contributed by atoms with Gasteiger partial charge in [-0.2, -0.15) is 0 Å². The molecular formula is C14H12ClNO3S. The maximum Gasteiger partial charge on any atom is 0.338 e. The normalized spacial score (nSPS) is 10.3. The van der Waals surface area contributed by atoms with Crippen molar-refractivity contribution >= 4 is 39.8 Å². The van der Waals surface area contributed by atoms with E-state index in [1.54, 1.807) is 32.0 Å². The van der Waals surface area contributed by atoms with E-state index in [1.807, 2.05) is 0 Å². The number of hydrogen-bond donors (Lipinski definition) is 2. The first-order valence-electron chi connectivity index (χ1n) is 5.80. The standard InChI is InChI=1S/C14H12ClNO3S/c1-7-4-3-5-9(11(7)15)12(17)16-13-10(14(18)19)6-8(2)20-13/h3-6H,1-2H3,(H,16,17)(H,18,19). The number of amides is 1. The van der Waals surface area contributed by atoms with Crippen LogP contribution in [-0.2, 0) is 0 Å². The lowest BCUT2D eigenvalue weighted by Crippen LogP contribution is -2.14. The molecule has 2 aromatic rings. The average molecular weight is 310 g/mol. The van der Waals surface area contributed by atoms with Gasteiger partial charge in [-0.25, -0.2) is 4.79 Å². The zero-order valence-corrected chi connectivity index (χ0v) is 12.4. The van der Waals surface area contributed by atoms with Gasteiger partial charge in [-0.3, -0.25) is 4.79 Å². The third-order valence-electron chi connectivity index (χ3n) is 2.75. The fourth-order valence-corrected chi connectivity index (χ4v) is 2.87. The summed E-state index contributed by atoms with van der Waals surface area (Å²) in [6.07, 6.45) is 0. The number of benzene rings is 1. The molecule has 20 heavy (non-hydrogen) atoms. The highest BCUT2D eigenvalue weighted by Gasteiger charge is 2.18. The van der Waals surface area contributed by atoms with Crippen molar-refractivity contribution in [3.05, 3.63) is 50.9 Å². The Kier molecular flexibility index (Phi) is 4.11. The van der Waals surface area contributed by atoms with Crippen molar-refractivity contribution < 1.29 is 14.7 Å². The SMILES string of the molecule is Cc1cc(C(=O)O)c(NC(=O)c2cccc(C)c2Cl)s1. The van der Waals surface area contributed by atoms with Crippen LogP contribution in [0, 0.1) is 13.8 Å². The minimum atomic E-state index is -1.07. The maximum absolute atomic E-state index is 12.2. The fraction of sp³-hybridized carbons (Fsp3) is 0.143. The molecule has 0 aliphatic heterocycles. The van der Waals surface area contributed by atoms with Gasteiger partial charge in [0.25, 0.3) is 5.91 Å². The van der Waals surface area contributed by atoms with Crippen molar-refractivity contribution in [3.8, 4) is 0 Å². The molecule has 0 atom stereocenters. The van der Waals surface area contributed by atoms with Crippen LogP contribution in [0.4, 0.5) is 5.00 Å². The van der Waals surface area contributed by atoms with Crippen LogP contribution in [-0.4, -0.2) is 17.0 Å². The van der Waals surface area contributed by atoms with Gasteiger partial charge in [-0.15, -0.1) is 11.3 Å². The second kappa shape index (κ2) is 5.64. The monoisotopic (exact) mass is 309 g/mol. The topological polar surface area (TPSA) is 66.4 Å². The van der Waals surface area contributed by atoms with Gasteiger partial charge in [0.2, 0.25) is 0 Å². The number of hydrogen-bond acceptors (Lipinski definition) is 3. The minimum absolute atomic E-state index is 0.0876. The van der Waals surface area contributed by atoms with E-state index in [2.05, 4.69) is 5.32 Å². The summed E-state index contributed by atoms with van der Waals surface area (Å²) in [6, 6.07) is 6.66. The van der Waals surface area contributed by atoms with E-state index in [4.69, 9.17) is 16.7 Å². The number of carboxylic acids is 1. The quantitative estimate of drug-likeness (QED) is 0.901. The highest BCUT2D eigenvalue weighted by molar-refractivity contribution is 7.16. The predicted molar refractivity (Wildman–Crippen MR) is 80.2 cm³/mol. The Morgan fingerprint density at radius 1 is 1.25 bits per heavy atom. The summed E-state index contributed by atoms with van der Waals surface area (Å²) in [5, 5.41) is 12.4. The maximum atomic E-state index is 12.2. The first-order valence-corrected chi connectivity index (χ1v) is 6.99. The zero-order valence-electron chi connectivity index (χ0n) is 10.9. The van der Waals surface area contributed by atoms with Gasteiger partial charge in [0, 0.05) is 4.88 Å². The Morgan fingerprint density at radius 3 is 2.60 bits per heavy atom. The summed E-state index contributed by atoms with van der Waals surface area (Å²) < 4.78 is 0. The molecule has 2 N–H and O–H groups in total. The first-order chi connectivity index (χ1) is 9.40. The smallest absolute Gasteiger partial charge is 0.338 e. The number of aromatic carboxylic acids is 1. The van der Waals surface area contributed by atoms with Gasteiger partial charge < -0.3 is 10.4 Å². The van der Waals surface area contributed by atoms with Crippen molar-refractivity contribution in [1.29, 1.82) is 0 Å². The molecule has 1 heterocycles. The lowest BCUT2D eigenvalue weighted by molar-refractivity contribution is 0.0698.